The first-order chi connectivity index (χ1) is 19.8. The molecule has 1 spiro atoms. The molecule has 0 aromatic carbocycles. The van der Waals surface area contributed by atoms with Crippen LogP contribution >= 0.6 is 0 Å². The number of hydrogen-bond acceptors (Lipinski definition) is 9. The van der Waals surface area contributed by atoms with Crippen LogP contribution in [-0.2, 0) is 38.1 Å². The highest BCUT2D eigenvalue weighted by molar-refractivity contribution is 5.67. The first kappa shape index (κ1) is 31.3. The average molecular weight is 605 g/mol. The van der Waals surface area contributed by atoms with Gasteiger partial charge in [-0.05, 0) is 93.8 Å². The van der Waals surface area contributed by atoms with Crippen molar-refractivity contribution in [3.05, 3.63) is 0 Å². The first-order valence-electron chi connectivity index (χ1n) is 16.5. The predicted octanol–water partition coefficient (Wildman–Crippen LogP) is 4.95. The molecule has 9 heteroatoms. The van der Waals surface area contributed by atoms with Crippen LogP contribution in [-0.4, -0.2) is 64.4 Å². The van der Waals surface area contributed by atoms with Gasteiger partial charge >= 0.3 is 17.9 Å². The van der Waals surface area contributed by atoms with E-state index in [9.17, 15) is 19.5 Å². The minimum atomic E-state index is -1.21. The fraction of sp³-hybridized carbons (Fsp3) is 0.912. The van der Waals surface area contributed by atoms with E-state index in [-0.39, 0.29) is 70.5 Å². The molecule has 6 aliphatic rings. The van der Waals surface area contributed by atoms with Gasteiger partial charge in [0.25, 0.3) is 0 Å². The maximum absolute atomic E-state index is 12.7. The molecular weight excluding hydrogens is 552 g/mol. The maximum atomic E-state index is 12.7. The Bertz CT molecular complexity index is 1180. The monoisotopic (exact) mass is 604 g/mol. The standard InChI is InChI=1S/C34H52O9/c1-17-14-34(43-30(17,5)6)33(9,38)29-25(42-34)13-23-22-11-10-21-12-24(39-18(2)35)26(40-19(3)36)15-31(21,7)28(22)27(41-20(4)37)16-32(23,29)8/h17,21-29,38H,10-16H2,1-9H3/t17-,21?,22?,23?,24-,25-,26+,27-,28?,29-,31-,32-,33+,34+/m0/s1. The van der Waals surface area contributed by atoms with Crippen LogP contribution in [0.3, 0.4) is 0 Å². The van der Waals surface area contributed by atoms with Crippen LogP contribution in [0.4, 0.5) is 0 Å². The van der Waals surface area contributed by atoms with E-state index in [0.29, 0.717) is 25.7 Å². The van der Waals surface area contributed by atoms with Crippen LogP contribution in [0.15, 0.2) is 0 Å². The van der Waals surface area contributed by atoms with Crippen LogP contribution in [0.2, 0.25) is 0 Å². The predicted molar refractivity (Wildman–Crippen MR) is 155 cm³/mol. The van der Waals surface area contributed by atoms with E-state index in [0.717, 1.165) is 19.3 Å². The van der Waals surface area contributed by atoms with Gasteiger partial charge in [0.05, 0.1) is 11.7 Å². The molecule has 0 amide bonds. The summed E-state index contributed by atoms with van der Waals surface area (Å²) >= 11 is 0. The van der Waals surface area contributed by atoms with Gasteiger partial charge in [-0.2, -0.15) is 0 Å². The lowest BCUT2D eigenvalue weighted by molar-refractivity contribution is -0.301. The number of carbonyl (C=O) groups is 3. The summed E-state index contributed by atoms with van der Waals surface area (Å²) in [5, 5.41) is 12.4. The molecule has 14 atom stereocenters. The van der Waals surface area contributed by atoms with Crippen molar-refractivity contribution in [2.24, 2.45) is 46.3 Å². The molecule has 242 valence electrons. The van der Waals surface area contributed by atoms with Gasteiger partial charge < -0.3 is 28.8 Å². The highest BCUT2D eigenvalue weighted by Crippen LogP contribution is 2.73. The molecule has 4 unspecified atom stereocenters. The zero-order valence-corrected chi connectivity index (χ0v) is 27.4. The summed E-state index contributed by atoms with van der Waals surface area (Å²) in [5.74, 6) is -1.28. The summed E-state index contributed by atoms with van der Waals surface area (Å²) < 4.78 is 31.2. The fourth-order valence-electron chi connectivity index (χ4n) is 11.6. The van der Waals surface area contributed by atoms with E-state index in [4.69, 9.17) is 23.7 Å². The Morgan fingerprint density at radius 3 is 1.93 bits per heavy atom. The van der Waals surface area contributed by atoms with Crippen LogP contribution in [0.1, 0.15) is 107 Å². The highest BCUT2D eigenvalue weighted by Gasteiger charge is 2.77. The Morgan fingerprint density at radius 1 is 0.767 bits per heavy atom. The van der Waals surface area contributed by atoms with E-state index in [1.165, 1.54) is 20.8 Å². The second kappa shape index (κ2) is 9.89. The smallest absolute Gasteiger partial charge is 0.303 e. The molecule has 2 aliphatic heterocycles. The number of ether oxygens (including phenoxy) is 5. The Labute approximate surface area is 256 Å². The first-order valence-corrected chi connectivity index (χ1v) is 16.5. The molecule has 2 saturated heterocycles. The third kappa shape index (κ3) is 4.52. The molecule has 6 fully saturated rings. The summed E-state index contributed by atoms with van der Waals surface area (Å²) in [6, 6.07) is 0. The van der Waals surface area contributed by atoms with Crippen molar-refractivity contribution in [3.63, 3.8) is 0 Å². The van der Waals surface area contributed by atoms with E-state index in [1.807, 2.05) is 6.92 Å². The Balaban J connectivity index is 1.36. The van der Waals surface area contributed by atoms with E-state index in [1.54, 1.807) is 0 Å². The number of esters is 3. The second-order valence-corrected chi connectivity index (χ2v) is 16.3. The quantitative estimate of drug-likeness (QED) is 0.353. The summed E-state index contributed by atoms with van der Waals surface area (Å²) in [6.45, 7) is 17.0. The summed E-state index contributed by atoms with van der Waals surface area (Å²) in [7, 11) is 0. The van der Waals surface area contributed by atoms with Gasteiger partial charge in [0.2, 0.25) is 0 Å². The summed E-state index contributed by atoms with van der Waals surface area (Å²) in [5.41, 5.74) is -2.24. The van der Waals surface area contributed by atoms with E-state index < -0.39 is 35.2 Å². The van der Waals surface area contributed by atoms with Gasteiger partial charge in [0, 0.05) is 39.0 Å². The molecule has 9 nitrogen and oxygen atoms in total. The summed E-state index contributed by atoms with van der Waals surface area (Å²) in [6.07, 6.45) is 3.62. The van der Waals surface area contributed by atoms with Gasteiger partial charge in [-0.3, -0.25) is 14.4 Å². The SMILES string of the molecule is CC(=O)O[C@H]1C[C@@]2(C)C(C[C@@H]3O[C@@]4(C[C@H](C)C(C)(C)O4)[C@](C)(O)[C@@H]32)C2CCC3C[C@H](OC(C)=O)[C@H](OC(C)=O)C[C@]3(C)C21. The second-order valence-electron chi connectivity index (χ2n) is 16.3. The number of rotatable bonds is 3. The topological polar surface area (TPSA) is 118 Å². The third-order valence-electron chi connectivity index (χ3n) is 13.4. The van der Waals surface area contributed by atoms with Crippen molar-refractivity contribution in [1.82, 2.24) is 0 Å². The lowest BCUT2D eigenvalue weighted by Crippen LogP contribution is -2.64. The van der Waals surface area contributed by atoms with Gasteiger partial charge in [-0.15, -0.1) is 0 Å². The average Bonchev–Trinajstić information content (AvgIpc) is 3.35. The van der Waals surface area contributed by atoms with Crippen molar-refractivity contribution in [1.29, 1.82) is 0 Å². The van der Waals surface area contributed by atoms with Crippen molar-refractivity contribution in [2.45, 2.75) is 149 Å². The molecule has 0 radical (unpaired) electrons. The molecular formula is C34H52O9. The zero-order chi connectivity index (χ0) is 31.5. The molecule has 0 aromatic rings. The fourth-order valence-corrected chi connectivity index (χ4v) is 11.6. The largest absolute Gasteiger partial charge is 0.462 e. The Morgan fingerprint density at radius 2 is 1.35 bits per heavy atom. The van der Waals surface area contributed by atoms with Gasteiger partial charge in [-0.1, -0.05) is 20.8 Å². The van der Waals surface area contributed by atoms with Crippen molar-refractivity contribution < 1.29 is 43.2 Å². The number of hydrogen-bond donors (Lipinski definition) is 1. The van der Waals surface area contributed by atoms with Crippen molar-refractivity contribution >= 4 is 17.9 Å². The van der Waals surface area contributed by atoms with E-state index in [2.05, 4.69) is 34.6 Å². The van der Waals surface area contributed by atoms with Gasteiger partial charge in [0.1, 0.15) is 23.9 Å². The van der Waals surface area contributed by atoms with Crippen LogP contribution in [0, 0.1) is 46.3 Å². The summed E-state index contributed by atoms with van der Waals surface area (Å²) in [4.78, 5) is 36.8. The maximum Gasteiger partial charge on any atom is 0.303 e. The third-order valence-corrected chi connectivity index (χ3v) is 13.4. The number of fused-ring (bicyclic) bond motifs is 7. The molecule has 4 aliphatic carbocycles. The van der Waals surface area contributed by atoms with Crippen LogP contribution in [0.5, 0.6) is 0 Å². The van der Waals surface area contributed by atoms with Crippen LogP contribution < -0.4 is 0 Å². The van der Waals surface area contributed by atoms with Crippen molar-refractivity contribution in [3.8, 4) is 0 Å². The molecule has 4 saturated carbocycles. The van der Waals surface area contributed by atoms with Crippen molar-refractivity contribution in [2.75, 3.05) is 0 Å². The molecule has 2 heterocycles. The highest BCUT2D eigenvalue weighted by atomic mass is 16.7. The molecule has 6 rings (SSSR count). The minimum absolute atomic E-state index is 0.0454. The van der Waals surface area contributed by atoms with Gasteiger partial charge in [-0.25, -0.2) is 0 Å². The molecule has 1 N–H and O–H groups in total. The Kier molecular flexibility index (Phi) is 7.20. The van der Waals surface area contributed by atoms with Gasteiger partial charge in [0.15, 0.2) is 5.79 Å². The van der Waals surface area contributed by atoms with E-state index >= 15 is 0 Å². The number of aliphatic hydroxyl groups is 1. The zero-order valence-electron chi connectivity index (χ0n) is 27.4. The molecule has 0 bridgehead atoms. The normalized spacial score (nSPS) is 52.9. The lowest BCUT2D eigenvalue weighted by atomic mass is 9.43. The minimum Gasteiger partial charge on any atom is -0.462 e. The Hall–Kier alpha value is -1.71. The van der Waals surface area contributed by atoms with Crippen LogP contribution in [0.25, 0.3) is 0 Å². The number of carbonyl (C=O) groups excluding carboxylic acids is 3. The molecule has 0 aromatic heterocycles. The lowest BCUT2D eigenvalue weighted by Gasteiger charge is -2.63. The molecule has 43 heavy (non-hydrogen) atoms.